The molecule has 0 aliphatic carbocycles. The summed E-state index contributed by atoms with van der Waals surface area (Å²) < 4.78 is 71.2. The van der Waals surface area contributed by atoms with E-state index in [0.29, 0.717) is 13.0 Å². The molecule has 206 valence electrons. The molecule has 16 heteroatoms. The molecule has 0 atom stereocenters. The minimum absolute atomic E-state index is 0.257. The van der Waals surface area contributed by atoms with Crippen LogP contribution in [-0.4, -0.2) is 72.9 Å². The Bertz CT molecular complexity index is 1030. The van der Waals surface area contributed by atoms with E-state index < -0.39 is 24.3 Å². The lowest BCUT2D eigenvalue weighted by Crippen LogP contribution is -2.26. The molecule has 2 aromatic rings. The fourth-order valence-corrected chi connectivity index (χ4v) is 3.52. The van der Waals surface area contributed by atoms with Crippen LogP contribution in [0.25, 0.3) is 0 Å². The van der Waals surface area contributed by atoms with Crippen molar-refractivity contribution in [3.63, 3.8) is 0 Å². The first-order chi connectivity index (χ1) is 17.2. The Hall–Kier alpha value is -3.56. The number of rotatable bonds is 4. The fraction of sp³-hybridized carbons (Fsp3) is 0.524. The molecule has 1 amide bonds. The maximum Gasteiger partial charge on any atom is 0.490 e. The SMILES string of the molecule is O=C(O)C(F)(F)F.O=C(O)C(F)(F)F.O=C1CCCN1Cc1ncn2c1CN(Cc1ccco1)CCC2. The monoisotopic (exact) mass is 542 g/mol. The number of halogens is 6. The molecule has 2 aliphatic rings. The quantitative estimate of drug-likeness (QED) is 0.564. The highest BCUT2D eigenvalue weighted by Gasteiger charge is 2.38. The molecule has 10 nitrogen and oxygen atoms in total. The number of aromatic nitrogens is 2. The molecule has 0 bridgehead atoms. The molecule has 2 N–H and O–H groups in total. The third-order valence-corrected chi connectivity index (χ3v) is 5.24. The van der Waals surface area contributed by atoms with E-state index in [4.69, 9.17) is 24.2 Å². The number of aryl methyl sites for hydroxylation is 1. The third-order valence-electron chi connectivity index (χ3n) is 5.24. The van der Waals surface area contributed by atoms with Crippen LogP contribution in [0.3, 0.4) is 0 Å². The number of aliphatic carboxylic acids is 2. The summed E-state index contributed by atoms with van der Waals surface area (Å²) in [5.41, 5.74) is 2.29. The zero-order chi connectivity index (χ0) is 27.8. The first-order valence-corrected chi connectivity index (χ1v) is 10.8. The summed E-state index contributed by atoms with van der Waals surface area (Å²) in [5.74, 6) is -4.26. The van der Waals surface area contributed by atoms with E-state index in [9.17, 15) is 31.1 Å². The van der Waals surface area contributed by atoms with E-state index >= 15 is 0 Å². The summed E-state index contributed by atoms with van der Waals surface area (Å²) in [6, 6.07) is 3.95. The summed E-state index contributed by atoms with van der Waals surface area (Å²) in [4.78, 5) is 38.6. The zero-order valence-corrected chi connectivity index (χ0v) is 19.3. The molecule has 37 heavy (non-hydrogen) atoms. The maximum absolute atomic E-state index is 11.9. The van der Waals surface area contributed by atoms with Crippen molar-refractivity contribution in [1.29, 1.82) is 0 Å². The predicted octanol–water partition coefficient (Wildman–Crippen LogP) is 3.27. The number of imidazole rings is 1. The molecule has 4 rings (SSSR count). The molecule has 0 saturated carbocycles. The Morgan fingerprint density at radius 3 is 2.08 bits per heavy atom. The number of carboxylic acids is 2. The molecule has 1 saturated heterocycles. The average Bonchev–Trinajstić information content (AvgIpc) is 3.49. The zero-order valence-electron chi connectivity index (χ0n) is 19.3. The average molecular weight is 542 g/mol. The Balaban J connectivity index is 0.000000286. The summed E-state index contributed by atoms with van der Waals surface area (Å²) in [6.45, 7) is 5.23. The normalized spacial score (nSPS) is 16.2. The van der Waals surface area contributed by atoms with Crippen LogP contribution in [0.15, 0.2) is 29.1 Å². The predicted molar refractivity (Wildman–Crippen MR) is 112 cm³/mol. The van der Waals surface area contributed by atoms with Crippen molar-refractivity contribution in [2.45, 2.75) is 57.8 Å². The van der Waals surface area contributed by atoms with Crippen LogP contribution >= 0.6 is 0 Å². The van der Waals surface area contributed by atoms with Gasteiger partial charge >= 0.3 is 24.3 Å². The van der Waals surface area contributed by atoms with E-state index in [2.05, 4.69) is 14.5 Å². The highest BCUT2D eigenvalue weighted by atomic mass is 19.4. The molecule has 0 spiro atoms. The van der Waals surface area contributed by atoms with Gasteiger partial charge in [0.15, 0.2) is 0 Å². The van der Waals surface area contributed by atoms with E-state index in [-0.39, 0.29) is 5.91 Å². The van der Waals surface area contributed by atoms with Gasteiger partial charge in [-0.1, -0.05) is 0 Å². The Morgan fingerprint density at radius 2 is 1.59 bits per heavy atom. The maximum atomic E-state index is 11.9. The second-order valence-corrected chi connectivity index (χ2v) is 8.00. The number of hydrogen-bond donors (Lipinski definition) is 2. The summed E-state index contributed by atoms with van der Waals surface area (Å²) in [5, 5.41) is 14.2. The second-order valence-electron chi connectivity index (χ2n) is 8.00. The topological polar surface area (TPSA) is 129 Å². The van der Waals surface area contributed by atoms with Crippen molar-refractivity contribution in [3.8, 4) is 0 Å². The van der Waals surface area contributed by atoms with Gasteiger partial charge in [-0.2, -0.15) is 26.3 Å². The van der Waals surface area contributed by atoms with Gasteiger partial charge in [0.1, 0.15) is 5.76 Å². The van der Waals surface area contributed by atoms with E-state index in [1.165, 1.54) is 5.69 Å². The van der Waals surface area contributed by atoms with Gasteiger partial charge in [0.25, 0.3) is 0 Å². The van der Waals surface area contributed by atoms with Crippen molar-refractivity contribution in [3.05, 3.63) is 41.9 Å². The second kappa shape index (κ2) is 12.6. The van der Waals surface area contributed by atoms with Crippen LogP contribution in [0.2, 0.25) is 0 Å². The largest absolute Gasteiger partial charge is 0.490 e. The smallest absolute Gasteiger partial charge is 0.475 e. The minimum Gasteiger partial charge on any atom is -0.475 e. The van der Waals surface area contributed by atoms with Crippen molar-refractivity contribution in [2.75, 3.05) is 13.1 Å². The Labute approximate surface area is 206 Å². The summed E-state index contributed by atoms with van der Waals surface area (Å²) >= 11 is 0. The summed E-state index contributed by atoms with van der Waals surface area (Å²) in [6.07, 6.45) is -3.75. The van der Waals surface area contributed by atoms with Crippen molar-refractivity contribution >= 4 is 17.8 Å². The molecule has 4 heterocycles. The highest BCUT2D eigenvalue weighted by molar-refractivity contribution is 5.78. The lowest BCUT2D eigenvalue weighted by Gasteiger charge is -2.20. The molecule has 2 aromatic heterocycles. The number of carbonyl (C=O) groups excluding carboxylic acids is 1. The van der Waals surface area contributed by atoms with Gasteiger partial charge in [-0.15, -0.1) is 0 Å². The number of fused-ring (bicyclic) bond motifs is 1. The lowest BCUT2D eigenvalue weighted by molar-refractivity contribution is -0.193. The van der Waals surface area contributed by atoms with Crippen molar-refractivity contribution in [2.24, 2.45) is 0 Å². The fourth-order valence-electron chi connectivity index (χ4n) is 3.52. The van der Waals surface area contributed by atoms with E-state index in [1.54, 1.807) is 6.26 Å². The van der Waals surface area contributed by atoms with Crippen LogP contribution in [0.1, 0.15) is 36.4 Å². The van der Waals surface area contributed by atoms with Gasteiger partial charge in [-0.25, -0.2) is 14.6 Å². The van der Waals surface area contributed by atoms with E-state index in [0.717, 1.165) is 57.0 Å². The van der Waals surface area contributed by atoms with Gasteiger partial charge in [-0.3, -0.25) is 9.69 Å². The number of likely N-dealkylation sites (tertiary alicyclic amines) is 1. The number of furan rings is 1. The van der Waals surface area contributed by atoms with Gasteiger partial charge in [-0.05, 0) is 25.0 Å². The number of nitrogens with zero attached hydrogens (tertiary/aromatic N) is 4. The van der Waals surface area contributed by atoms with Gasteiger partial charge in [0.2, 0.25) is 5.91 Å². The lowest BCUT2D eigenvalue weighted by atomic mass is 10.2. The number of amides is 1. The first kappa shape index (κ1) is 29.7. The number of carboxylic acid groups (broad SMARTS) is 2. The first-order valence-electron chi connectivity index (χ1n) is 10.8. The van der Waals surface area contributed by atoms with Gasteiger partial charge in [0.05, 0.1) is 37.1 Å². The van der Waals surface area contributed by atoms with Gasteiger partial charge in [0, 0.05) is 32.6 Å². The molecule has 0 aromatic carbocycles. The van der Waals surface area contributed by atoms with Crippen molar-refractivity contribution in [1.82, 2.24) is 19.4 Å². The molecule has 1 fully saturated rings. The molecule has 0 radical (unpaired) electrons. The molecular weight excluding hydrogens is 518 g/mol. The highest BCUT2D eigenvalue weighted by Crippen LogP contribution is 2.21. The van der Waals surface area contributed by atoms with Crippen LogP contribution in [0.4, 0.5) is 26.3 Å². The van der Waals surface area contributed by atoms with Crippen LogP contribution in [0.5, 0.6) is 0 Å². The Kier molecular flexibility index (Phi) is 10.1. The molecular formula is C21H24F6N4O6. The Morgan fingerprint density at radius 1 is 0.973 bits per heavy atom. The molecule has 2 aliphatic heterocycles. The number of alkyl halides is 6. The van der Waals surface area contributed by atoms with Crippen LogP contribution < -0.4 is 0 Å². The van der Waals surface area contributed by atoms with Gasteiger partial charge < -0.3 is 24.1 Å². The third kappa shape index (κ3) is 9.44. The van der Waals surface area contributed by atoms with Crippen LogP contribution in [-0.2, 0) is 40.6 Å². The summed E-state index contributed by atoms with van der Waals surface area (Å²) in [7, 11) is 0. The standard InChI is InChI=1S/C17H22N4O2.2C2HF3O2/c22-17-5-1-7-20(17)11-15-16-12-19(10-14-4-2-9-23-14)6-3-8-21(16)13-18-15;2*3-2(4,5)1(6)7/h2,4,9,13H,1,3,5-8,10-12H2;2*(H,6,7). The number of carbonyl (C=O) groups is 3. The van der Waals surface area contributed by atoms with Crippen molar-refractivity contribution < 1.29 is 55.4 Å². The van der Waals surface area contributed by atoms with Crippen LogP contribution in [0, 0.1) is 0 Å². The number of hydrogen-bond acceptors (Lipinski definition) is 6. The minimum atomic E-state index is -5.08. The molecule has 0 unspecified atom stereocenters. The van der Waals surface area contributed by atoms with E-state index in [1.807, 2.05) is 23.4 Å².